The average molecular weight is 362 g/mol. The highest BCUT2D eigenvalue weighted by Crippen LogP contribution is 2.31. The fourth-order valence-corrected chi connectivity index (χ4v) is 2.85. The topological polar surface area (TPSA) is 76.7 Å². The molecule has 1 N–H and O–H groups in total. The van der Waals surface area contributed by atoms with Crippen molar-refractivity contribution >= 4 is 22.3 Å². The summed E-state index contributed by atoms with van der Waals surface area (Å²) in [5, 5.41) is 0. The van der Waals surface area contributed by atoms with Crippen LogP contribution in [0.4, 0.5) is 13.2 Å². The number of aromatic nitrogens is 4. The second-order valence-corrected chi connectivity index (χ2v) is 6.19. The highest BCUT2D eigenvalue weighted by atomic mass is 19.4. The number of oxazole rings is 1. The highest BCUT2D eigenvalue weighted by Gasteiger charge is 2.33. The van der Waals surface area contributed by atoms with E-state index in [0.717, 1.165) is 6.07 Å². The minimum absolute atomic E-state index is 0.0625. The van der Waals surface area contributed by atoms with Crippen molar-refractivity contribution in [2.75, 3.05) is 0 Å². The maximum absolute atomic E-state index is 13.1. The number of rotatable bonds is 2. The number of nitrogens with one attached hydrogen (secondary N) is 1. The van der Waals surface area contributed by atoms with Crippen molar-refractivity contribution in [1.29, 1.82) is 0 Å². The second kappa shape index (κ2) is 5.45. The number of nitrogens with zero attached hydrogens (tertiary/aromatic N) is 3. The van der Waals surface area contributed by atoms with Crippen LogP contribution in [0.3, 0.4) is 0 Å². The molecule has 0 aliphatic carbocycles. The predicted molar refractivity (Wildman–Crippen MR) is 88.3 cm³/mol. The molecule has 0 aliphatic rings. The van der Waals surface area contributed by atoms with Crippen LogP contribution < -0.4 is 5.76 Å². The molecule has 3 aromatic heterocycles. The first-order chi connectivity index (χ1) is 12.2. The van der Waals surface area contributed by atoms with E-state index in [1.54, 1.807) is 22.8 Å². The van der Waals surface area contributed by atoms with Gasteiger partial charge in [-0.15, -0.1) is 0 Å². The quantitative estimate of drug-likeness (QED) is 0.585. The molecule has 26 heavy (non-hydrogen) atoms. The molecule has 0 atom stereocenters. The number of fused-ring (bicyclic) bond motifs is 2. The molecule has 0 aliphatic heterocycles. The summed E-state index contributed by atoms with van der Waals surface area (Å²) in [5.41, 5.74) is 0.779. The predicted octanol–water partition coefficient (Wildman–Crippen LogP) is 4.00. The zero-order valence-corrected chi connectivity index (χ0v) is 13.8. The smallest absolute Gasteiger partial charge is 0.408 e. The molecule has 0 amide bonds. The summed E-state index contributed by atoms with van der Waals surface area (Å²) in [6.07, 6.45) is -4.56. The van der Waals surface area contributed by atoms with E-state index in [-0.39, 0.29) is 11.6 Å². The van der Waals surface area contributed by atoms with Gasteiger partial charge >= 0.3 is 11.9 Å². The van der Waals surface area contributed by atoms with E-state index < -0.39 is 17.6 Å². The van der Waals surface area contributed by atoms with Gasteiger partial charge < -0.3 is 4.42 Å². The van der Waals surface area contributed by atoms with Gasteiger partial charge in [-0.1, -0.05) is 13.8 Å². The van der Waals surface area contributed by atoms with Crippen LogP contribution >= 0.6 is 0 Å². The van der Waals surface area contributed by atoms with Crippen molar-refractivity contribution < 1.29 is 17.6 Å². The highest BCUT2D eigenvalue weighted by molar-refractivity contribution is 5.79. The molecule has 4 aromatic rings. The maximum Gasteiger partial charge on any atom is 0.433 e. The lowest BCUT2D eigenvalue weighted by molar-refractivity contribution is -0.141. The summed E-state index contributed by atoms with van der Waals surface area (Å²) in [7, 11) is 0. The molecule has 0 saturated heterocycles. The lowest BCUT2D eigenvalue weighted by Crippen LogP contribution is -2.09. The molecule has 134 valence electrons. The number of H-pyrrole nitrogens is 1. The zero-order chi connectivity index (χ0) is 18.6. The molecule has 0 saturated carbocycles. The van der Waals surface area contributed by atoms with Crippen LogP contribution in [0.15, 0.2) is 39.5 Å². The number of aromatic amines is 1. The minimum atomic E-state index is -4.56. The molecule has 3 heterocycles. The average Bonchev–Trinajstić information content (AvgIpc) is 3.11. The van der Waals surface area contributed by atoms with Crippen LogP contribution in [0.2, 0.25) is 0 Å². The van der Waals surface area contributed by atoms with Crippen molar-refractivity contribution in [1.82, 2.24) is 19.5 Å². The maximum atomic E-state index is 13.1. The Morgan fingerprint density at radius 2 is 1.92 bits per heavy atom. The Hall–Kier alpha value is -3.10. The van der Waals surface area contributed by atoms with Gasteiger partial charge in [0.2, 0.25) is 0 Å². The van der Waals surface area contributed by atoms with E-state index in [2.05, 4.69) is 15.0 Å². The number of hydrogen-bond donors (Lipinski definition) is 1. The Balaban J connectivity index is 2.03. The lowest BCUT2D eigenvalue weighted by Gasteiger charge is -2.11. The van der Waals surface area contributed by atoms with E-state index in [1.807, 2.05) is 13.8 Å². The molecule has 9 heteroatoms. The SMILES string of the molecule is CC(C)c1nc2ccc(C(F)(F)F)nc2n1-c1ccc2[nH]c(=O)oc2c1. The van der Waals surface area contributed by atoms with Gasteiger partial charge in [-0.2, -0.15) is 13.2 Å². The van der Waals surface area contributed by atoms with Crippen LogP contribution in [0.25, 0.3) is 28.0 Å². The molecular weight excluding hydrogens is 349 g/mol. The van der Waals surface area contributed by atoms with E-state index in [1.165, 1.54) is 6.07 Å². The molecule has 0 fully saturated rings. The Morgan fingerprint density at radius 1 is 1.15 bits per heavy atom. The number of imidazole rings is 1. The summed E-state index contributed by atoms with van der Waals surface area (Å²) < 4.78 is 45.8. The van der Waals surface area contributed by atoms with Crippen molar-refractivity contribution in [3.05, 3.63) is 52.4 Å². The van der Waals surface area contributed by atoms with Crippen LogP contribution in [0.5, 0.6) is 0 Å². The second-order valence-electron chi connectivity index (χ2n) is 6.19. The largest absolute Gasteiger partial charge is 0.433 e. The minimum Gasteiger partial charge on any atom is -0.408 e. The van der Waals surface area contributed by atoms with Gasteiger partial charge in [0.1, 0.15) is 17.0 Å². The zero-order valence-electron chi connectivity index (χ0n) is 13.8. The first-order valence-corrected chi connectivity index (χ1v) is 7.84. The van der Waals surface area contributed by atoms with Gasteiger partial charge in [0.25, 0.3) is 0 Å². The number of halogens is 3. The summed E-state index contributed by atoms with van der Waals surface area (Å²) in [6.45, 7) is 3.77. The van der Waals surface area contributed by atoms with E-state index in [9.17, 15) is 18.0 Å². The monoisotopic (exact) mass is 362 g/mol. The van der Waals surface area contributed by atoms with Crippen molar-refractivity contribution in [2.45, 2.75) is 25.9 Å². The Bertz CT molecular complexity index is 1180. The molecule has 4 rings (SSSR count). The molecule has 0 unspecified atom stereocenters. The van der Waals surface area contributed by atoms with Gasteiger partial charge in [0.05, 0.1) is 11.2 Å². The van der Waals surface area contributed by atoms with Crippen molar-refractivity contribution in [2.24, 2.45) is 0 Å². The fraction of sp³-hybridized carbons (Fsp3) is 0.235. The van der Waals surface area contributed by atoms with E-state index >= 15 is 0 Å². The Labute approximate surface area is 144 Å². The Morgan fingerprint density at radius 3 is 2.62 bits per heavy atom. The number of alkyl halides is 3. The molecule has 6 nitrogen and oxygen atoms in total. The number of hydrogen-bond acceptors (Lipinski definition) is 4. The fourth-order valence-electron chi connectivity index (χ4n) is 2.85. The third-order valence-electron chi connectivity index (χ3n) is 4.00. The molecule has 0 radical (unpaired) electrons. The number of pyridine rings is 1. The first kappa shape index (κ1) is 16.4. The van der Waals surface area contributed by atoms with Crippen LogP contribution in [0, 0.1) is 0 Å². The molecular formula is C17H13F3N4O2. The van der Waals surface area contributed by atoms with E-state index in [4.69, 9.17) is 4.42 Å². The first-order valence-electron chi connectivity index (χ1n) is 7.84. The summed E-state index contributed by atoms with van der Waals surface area (Å²) >= 11 is 0. The molecule has 0 spiro atoms. The van der Waals surface area contributed by atoms with Gasteiger partial charge in [0.15, 0.2) is 11.2 Å². The van der Waals surface area contributed by atoms with Gasteiger partial charge in [-0.25, -0.2) is 14.8 Å². The molecule has 1 aromatic carbocycles. The summed E-state index contributed by atoms with van der Waals surface area (Å²) in [5.74, 6) is -0.106. The van der Waals surface area contributed by atoms with Gasteiger partial charge in [-0.05, 0) is 24.3 Å². The number of benzene rings is 1. The third kappa shape index (κ3) is 2.56. The van der Waals surface area contributed by atoms with Crippen LogP contribution in [-0.2, 0) is 6.18 Å². The van der Waals surface area contributed by atoms with E-state index in [0.29, 0.717) is 28.1 Å². The lowest BCUT2D eigenvalue weighted by atomic mass is 10.2. The van der Waals surface area contributed by atoms with Gasteiger partial charge in [-0.3, -0.25) is 9.55 Å². The van der Waals surface area contributed by atoms with Crippen molar-refractivity contribution in [3.63, 3.8) is 0 Å². The van der Waals surface area contributed by atoms with Crippen LogP contribution in [-0.4, -0.2) is 19.5 Å². The van der Waals surface area contributed by atoms with Gasteiger partial charge in [0, 0.05) is 12.0 Å². The standard InChI is InChI=1S/C17H13F3N4O2/c1-8(2)14-21-11-5-6-13(17(18,19)20)23-15(11)24(14)9-3-4-10-12(7-9)26-16(25)22-10/h3-8H,1-2H3,(H,22,25). The van der Waals surface area contributed by atoms with Crippen LogP contribution in [0.1, 0.15) is 31.3 Å². The van der Waals surface area contributed by atoms with Crippen molar-refractivity contribution in [3.8, 4) is 5.69 Å². The normalized spacial score (nSPS) is 12.5. The molecule has 0 bridgehead atoms. The summed E-state index contributed by atoms with van der Waals surface area (Å²) in [4.78, 5) is 22.1. The summed E-state index contributed by atoms with van der Waals surface area (Å²) in [6, 6.07) is 7.09. The Kier molecular flexibility index (Phi) is 3.43. The third-order valence-corrected chi connectivity index (χ3v) is 4.00.